The molecule has 0 aromatic heterocycles. The van der Waals surface area contributed by atoms with Crippen molar-refractivity contribution in [1.82, 2.24) is 4.90 Å². The maximum absolute atomic E-state index is 11.1. The molecular formula is C14H17NO5. The maximum Gasteiger partial charge on any atom is 0.231 e. The number of carbonyl (C=O) groups is 1. The van der Waals surface area contributed by atoms with Crippen LogP contribution in [-0.2, 0) is 4.74 Å². The van der Waals surface area contributed by atoms with Crippen molar-refractivity contribution in [2.45, 2.75) is 0 Å². The quantitative estimate of drug-likeness (QED) is 0.748. The van der Waals surface area contributed by atoms with Crippen LogP contribution in [0.15, 0.2) is 12.1 Å². The molecule has 6 nitrogen and oxygen atoms in total. The fraction of sp³-hybridized carbons (Fsp3) is 0.500. The van der Waals surface area contributed by atoms with E-state index < -0.39 is 0 Å². The largest absolute Gasteiger partial charge is 0.491 e. The Morgan fingerprint density at radius 3 is 2.70 bits per heavy atom. The minimum absolute atomic E-state index is 0.185. The van der Waals surface area contributed by atoms with Crippen LogP contribution in [-0.4, -0.2) is 57.4 Å². The fourth-order valence-electron chi connectivity index (χ4n) is 2.27. The summed E-state index contributed by atoms with van der Waals surface area (Å²) < 4.78 is 21.5. The summed E-state index contributed by atoms with van der Waals surface area (Å²) >= 11 is 0. The van der Waals surface area contributed by atoms with Crippen molar-refractivity contribution in [2.75, 3.05) is 46.2 Å². The SMILES string of the molecule is O=Cc1cc2c(cc1OCCN1CCOCC1)OCO2. The van der Waals surface area contributed by atoms with Gasteiger partial charge < -0.3 is 18.9 Å². The van der Waals surface area contributed by atoms with Crippen molar-refractivity contribution in [2.24, 2.45) is 0 Å². The van der Waals surface area contributed by atoms with Crippen LogP contribution in [0, 0.1) is 0 Å². The summed E-state index contributed by atoms with van der Waals surface area (Å²) in [5, 5.41) is 0. The second-order valence-electron chi connectivity index (χ2n) is 4.66. The van der Waals surface area contributed by atoms with E-state index in [4.69, 9.17) is 18.9 Å². The lowest BCUT2D eigenvalue weighted by Gasteiger charge is -2.26. The second-order valence-corrected chi connectivity index (χ2v) is 4.66. The third kappa shape index (κ3) is 2.86. The van der Waals surface area contributed by atoms with Gasteiger partial charge in [0.05, 0.1) is 18.8 Å². The molecule has 2 aliphatic rings. The Morgan fingerprint density at radius 1 is 1.20 bits per heavy atom. The second kappa shape index (κ2) is 6.11. The number of rotatable bonds is 5. The van der Waals surface area contributed by atoms with E-state index in [1.807, 2.05) is 0 Å². The molecule has 0 amide bonds. The number of aldehydes is 1. The number of fused-ring (bicyclic) bond motifs is 1. The van der Waals surface area contributed by atoms with E-state index in [1.54, 1.807) is 12.1 Å². The highest BCUT2D eigenvalue weighted by Gasteiger charge is 2.18. The minimum atomic E-state index is 0.185. The van der Waals surface area contributed by atoms with Gasteiger partial charge in [0.2, 0.25) is 6.79 Å². The van der Waals surface area contributed by atoms with Crippen LogP contribution in [0.3, 0.4) is 0 Å². The molecular weight excluding hydrogens is 262 g/mol. The predicted molar refractivity (Wildman–Crippen MR) is 70.7 cm³/mol. The summed E-state index contributed by atoms with van der Waals surface area (Å²) in [4.78, 5) is 13.4. The van der Waals surface area contributed by atoms with Crippen LogP contribution in [0.4, 0.5) is 0 Å². The third-order valence-corrected chi connectivity index (χ3v) is 3.40. The molecule has 0 atom stereocenters. The van der Waals surface area contributed by atoms with Crippen LogP contribution in [0.1, 0.15) is 10.4 Å². The molecule has 0 bridgehead atoms. The molecule has 0 spiro atoms. The van der Waals surface area contributed by atoms with E-state index in [1.165, 1.54) is 0 Å². The Bertz CT molecular complexity index is 485. The van der Waals surface area contributed by atoms with Crippen molar-refractivity contribution in [1.29, 1.82) is 0 Å². The molecule has 2 aliphatic heterocycles. The zero-order chi connectivity index (χ0) is 13.8. The number of benzene rings is 1. The molecule has 3 rings (SSSR count). The van der Waals surface area contributed by atoms with Crippen LogP contribution >= 0.6 is 0 Å². The molecule has 1 aromatic rings. The average Bonchev–Trinajstić information content (AvgIpc) is 2.94. The normalized spacial score (nSPS) is 18.0. The van der Waals surface area contributed by atoms with E-state index in [2.05, 4.69) is 4.90 Å². The van der Waals surface area contributed by atoms with Gasteiger partial charge in [0.15, 0.2) is 17.8 Å². The molecule has 1 aromatic carbocycles. The fourth-order valence-corrected chi connectivity index (χ4v) is 2.27. The molecule has 1 fully saturated rings. The molecule has 2 heterocycles. The molecule has 0 aliphatic carbocycles. The number of hydrogen-bond donors (Lipinski definition) is 0. The van der Waals surface area contributed by atoms with E-state index in [9.17, 15) is 4.79 Å². The predicted octanol–water partition coefficient (Wildman–Crippen LogP) is 0.939. The van der Waals surface area contributed by atoms with Crippen LogP contribution in [0.5, 0.6) is 17.2 Å². The van der Waals surface area contributed by atoms with Gasteiger partial charge in [0.1, 0.15) is 12.4 Å². The summed E-state index contributed by atoms with van der Waals surface area (Å²) in [7, 11) is 0. The van der Waals surface area contributed by atoms with Gasteiger partial charge in [0.25, 0.3) is 0 Å². The highest BCUT2D eigenvalue weighted by molar-refractivity contribution is 5.81. The number of hydrogen-bond acceptors (Lipinski definition) is 6. The van der Waals surface area contributed by atoms with Crippen molar-refractivity contribution < 1.29 is 23.7 Å². The highest BCUT2D eigenvalue weighted by Crippen LogP contribution is 2.37. The molecule has 0 unspecified atom stereocenters. The Labute approximate surface area is 117 Å². The first-order valence-electron chi connectivity index (χ1n) is 6.68. The summed E-state index contributed by atoms with van der Waals surface area (Å²) in [5.74, 6) is 1.75. The van der Waals surface area contributed by atoms with Gasteiger partial charge in [0, 0.05) is 25.7 Å². The lowest BCUT2D eigenvalue weighted by atomic mass is 10.2. The van der Waals surface area contributed by atoms with Gasteiger partial charge in [-0.2, -0.15) is 0 Å². The summed E-state index contributed by atoms with van der Waals surface area (Å²) in [5.41, 5.74) is 0.483. The smallest absolute Gasteiger partial charge is 0.231 e. The Morgan fingerprint density at radius 2 is 1.95 bits per heavy atom. The van der Waals surface area contributed by atoms with Gasteiger partial charge >= 0.3 is 0 Å². The summed E-state index contributed by atoms with van der Waals surface area (Å²) in [6.45, 7) is 4.91. The van der Waals surface area contributed by atoms with E-state index in [0.29, 0.717) is 29.4 Å². The van der Waals surface area contributed by atoms with Crippen molar-refractivity contribution in [3.63, 3.8) is 0 Å². The Hall–Kier alpha value is -1.79. The van der Waals surface area contributed by atoms with Crippen LogP contribution < -0.4 is 14.2 Å². The summed E-state index contributed by atoms with van der Waals surface area (Å²) in [6, 6.07) is 3.37. The molecule has 6 heteroatoms. The van der Waals surface area contributed by atoms with Crippen molar-refractivity contribution >= 4 is 6.29 Å². The lowest BCUT2D eigenvalue weighted by molar-refractivity contribution is 0.0322. The highest BCUT2D eigenvalue weighted by atomic mass is 16.7. The number of nitrogens with zero attached hydrogens (tertiary/aromatic N) is 1. The minimum Gasteiger partial charge on any atom is -0.491 e. The summed E-state index contributed by atoms with van der Waals surface area (Å²) in [6.07, 6.45) is 0.770. The average molecular weight is 279 g/mol. The van der Waals surface area contributed by atoms with Gasteiger partial charge in [-0.15, -0.1) is 0 Å². The molecule has 1 saturated heterocycles. The van der Waals surface area contributed by atoms with E-state index in [0.717, 1.165) is 39.1 Å². The molecule has 108 valence electrons. The number of carbonyl (C=O) groups excluding carboxylic acids is 1. The standard InChI is InChI=1S/C14H17NO5/c16-9-11-7-13-14(20-10-19-13)8-12(11)18-6-3-15-1-4-17-5-2-15/h7-9H,1-6,10H2. The number of morpholine rings is 1. The zero-order valence-electron chi connectivity index (χ0n) is 11.2. The topological polar surface area (TPSA) is 57.2 Å². The lowest BCUT2D eigenvalue weighted by Crippen LogP contribution is -2.38. The van der Waals surface area contributed by atoms with Crippen molar-refractivity contribution in [3.05, 3.63) is 17.7 Å². The zero-order valence-corrected chi connectivity index (χ0v) is 11.2. The Kier molecular flexibility index (Phi) is 4.03. The van der Waals surface area contributed by atoms with Gasteiger partial charge in [-0.05, 0) is 6.07 Å². The first-order valence-corrected chi connectivity index (χ1v) is 6.68. The van der Waals surface area contributed by atoms with Crippen LogP contribution in [0.2, 0.25) is 0 Å². The maximum atomic E-state index is 11.1. The Balaban J connectivity index is 1.60. The van der Waals surface area contributed by atoms with Gasteiger partial charge in [-0.25, -0.2) is 0 Å². The molecule has 0 radical (unpaired) electrons. The van der Waals surface area contributed by atoms with Gasteiger partial charge in [-0.3, -0.25) is 9.69 Å². The van der Waals surface area contributed by atoms with Crippen LogP contribution in [0.25, 0.3) is 0 Å². The molecule has 20 heavy (non-hydrogen) atoms. The first-order chi connectivity index (χ1) is 9.86. The third-order valence-electron chi connectivity index (χ3n) is 3.40. The van der Waals surface area contributed by atoms with Crippen molar-refractivity contribution in [3.8, 4) is 17.2 Å². The first kappa shape index (κ1) is 13.2. The monoisotopic (exact) mass is 279 g/mol. The number of ether oxygens (including phenoxy) is 4. The van der Waals surface area contributed by atoms with Gasteiger partial charge in [-0.1, -0.05) is 0 Å². The molecule has 0 N–H and O–H groups in total. The van der Waals surface area contributed by atoms with E-state index >= 15 is 0 Å². The molecule has 0 saturated carbocycles. The van der Waals surface area contributed by atoms with E-state index in [-0.39, 0.29) is 6.79 Å².